The summed E-state index contributed by atoms with van der Waals surface area (Å²) in [5.74, 6) is 0.212. The lowest BCUT2D eigenvalue weighted by molar-refractivity contribution is -0.0207. The Labute approximate surface area is 192 Å². The van der Waals surface area contributed by atoms with Crippen molar-refractivity contribution >= 4 is 34.5 Å². The number of thiazole rings is 1. The normalized spacial score (nSPS) is 22.4. The second kappa shape index (κ2) is 8.71. The van der Waals surface area contributed by atoms with E-state index in [9.17, 15) is 14.7 Å². The van der Waals surface area contributed by atoms with Crippen LogP contribution in [0.15, 0.2) is 30.3 Å². The fraction of sp³-hybridized carbons (Fsp3) is 0.522. The lowest BCUT2D eigenvalue weighted by Crippen LogP contribution is -2.52. The van der Waals surface area contributed by atoms with Gasteiger partial charge in [-0.3, -0.25) is 5.32 Å². The van der Waals surface area contributed by atoms with Gasteiger partial charge in [0.15, 0.2) is 10.9 Å². The van der Waals surface area contributed by atoms with Crippen LogP contribution in [0.25, 0.3) is 10.4 Å². The van der Waals surface area contributed by atoms with Gasteiger partial charge >= 0.3 is 12.2 Å². The molecule has 5 rings (SSSR count). The van der Waals surface area contributed by atoms with E-state index in [1.54, 1.807) is 0 Å². The van der Waals surface area contributed by atoms with E-state index in [2.05, 4.69) is 15.2 Å². The number of anilines is 2. The summed E-state index contributed by atoms with van der Waals surface area (Å²) in [6.07, 6.45) is 1.51. The summed E-state index contributed by atoms with van der Waals surface area (Å²) >= 11 is 1.27. The van der Waals surface area contributed by atoms with Crippen LogP contribution in [-0.2, 0) is 4.74 Å². The van der Waals surface area contributed by atoms with E-state index < -0.39 is 17.7 Å². The number of ether oxygens (including phenoxy) is 1. The highest BCUT2D eigenvalue weighted by atomic mass is 32.1. The molecule has 3 aliphatic heterocycles. The quantitative estimate of drug-likeness (QED) is 0.645. The van der Waals surface area contributed by atoms with Crippen LogP contribution in [0.1, 0.15) is 40.0 Å². The number of piperidine rings is 3. The molecule has 3 saturated heterocycles. The zero-order chi connectivity index (χ0) is 22.9. The van der Waals surface area contributed by atoms with Crippen LogP contribution < -0.4 is 10.2 Å². The number of nitrogens with one attached hydrogen (secondary N) is 1. The molecule has 2 N–H and O–H groups in total. The molecular weight excluding hydrogens is 428 g/mol. The third kappa shape index (κ3) is 4.73. The molecule has 0 spiro atoms. The molecular formula is C23H30N4O4S. The van der Waals surface area contributed by atoms with E-state index in [4.69, 9.17) is 4.74 Å². The number of carboxylic acid groups (broad SMARTS) is 1. The highest BCUT2D eigenvalue weighted by Crippen LogP contribution is 2.42. The van der Waals surface area contributed by atoms with Gasteiger partial charge in [0.25, 0.3) is 0 Å². The van der Waals surface area contributed by atoms with Gasteiger partial charge in [-0.15, -0.1) is 0 Å². The number of carbonyl (C=O) groups excluding carboxylic acids is 1. The number of rotatable bonds is 5. The first-order valence-electron chi connectivity index (χ1n) is 10.9. The molecule has 3 aliphatic rings. The molecule has 8 nitrogen and oxygen atoms in total. The second-order valence-corrected chi connectivity index (χ2v) is 10.6. The van der Waals surface area contributed by atoms with Gasteiger partial charge in [-0.1, -0.05) is 41.7 Å². The lowest BCUT2D eigenvalue weighted by Gasteiger charge is -2.48. The summed E-state index contributed by atoms with van der Waals surface area (Å²) < 4.78 is 5.88. The molecule has 0 unspecified atom stereocenters. The molecule has 2 bridgehead atoms. The minimum absolute atomic E-state index is 0.0715. The predicted octanol–water partition coefficient (Wildman–Crippen LogP) is 5.13. The molecule has 0 atom stereocenters. The molecule has 1 aromatic heterocycles. The first-order chi connectivity index (χ1) is 15.2. The van der Waals surface area contributed by atoms with Gasteiger partial charge in [0.05, 0.1) is 11.5 Å². The Morgan fingerprint density at radius 2 is 1.81 bits per heavy atom. The van der Waals surface area contributed by atoms with Crippen molar-refractivity contribution in [2.24, 2.45) is 5.41 Å². The Morgan fingerprint density at radius 3 is 2.38 bits per heavy atom. The van der Waals surface area contributed by atoms with Gasteiger partial charge in [0.1, 0.15) is 0 Å². The van der Waals surface area contributed by atoms with Crippen molar-refractivity contribution in [2.75, 3.05) is 36.5 Å². The van der Waals surface area contributed by atoms with E-state index in [1.165, 1.54) is 16.2 Å². The molecule has 0 saturated carbocycles. The van der Waals surface area contributed by atoms with E-state index in [-0.39, 0.29) is 11.2 Å². The first kappa shape index (κ1) is 22.5. The molecule has 0 radical (unpaired) electrons. The van der Waals surface area contributed by atoms with Crippen LogP contribution in [0.4, 0.5) is 20.5 Å². The molecule has 4 heterocycles. The van der Waals surface area contributed by atoms with E-state index in [0.29, 0.717) is 16.6 Å². The van der Waals surface area contributed by atoms with Crippen LogP contribution in [0.2, 0.25) is 0 Å². The number of benzene rings is 1. The SMILES string of the molecule is CC(C)(C)N(C(=O)OCC12CCN(CC1)CC2)c1nc(NC(=O)O)c(-c2ccccc2)s1. The standard InChI is InChI=1S/C23H30N4O4S/c1-22(2,3)27(21(30)31-15-23-9-12-26(13-10-23)14-11-23)19-24-18(25-20(28)29)17(32-19)16-7-5-4-6-8-16/h4-8,25H,9-15H2,1-3H3,(H,28,29). The largest absolute Gasteiger partial charge is 0.465 e. The summed E-state index contributed by atoms with van der Waals surface area (Å²) in [6, 6.07) is 9.43. The van der Waals surface area contributed by atoms with Crippen molar-refractivity contribution in [3.05, 3.63) is 30.3 Å². The minimum atomic E-state index is -1.20. The highest BCUT2D eigenvalue weighted by Gasteiger charge is 2.41. The average Bonchev–Trinajstić information content (AvgIpc) is 3.15. The van der Waals surface area contributed by atoms with E-state index >= 15 is 0 Å². The van der Waals surface area contributed by atoms with Crippen molar-refractivity contribution in [1.29, 1.82) is 0 Å². The number of nitrogens with zero attached hydrogens (tertiary/aromatic N) is 3. The summed E-state index contributed by atoms with van der Waals surface area (Å²) in [7, 11) is 0. The van der Waals surface area contributed by atoms with Gasteiger partial charge in [0, 0.05) is 11.0 Å². The topological polar surface area (TPSA) is 95.0 Å². The Morgan fingerprint density at radius 1 is 1.19 bits per heavy atom. The van der Waals surface area contributed by atoms with Crippen molar-refractivity contribution < 1.29 is 19.4 Å². The van der Waals surface area contributed by atoms with Crippen molar-refractivity contribution in [2.45, 2.75) is 45.6 Å². The van der Waals surface area contributed by atoms with Crippen LogP contribution >= 0.6 is 11.3 Å². The van der Waals surface area contributed by atoms with Crippen LogP contribution in [0.3, 0.4) is 0 Å². The highest BCUT2D eigenvalue weighted by molar-refractivity contribution is 7.19. The Hall–Kier alpha value is -2.65. The van der Waals surface area contributed by atoms with Crippen LogP contribution in [-0.4, -0.2) is 59.0 Å². The number of hydrogen-bond acceptors (Lipinski definition) is 6. The van der Waals surface area contributed by atoms with Gasteiger partial charge in [-0.25, -0.2) is 19.5 Å². The van der Waals surface area contributed by atoms with Crippen LogP contribution in [0.5, 0.6) is 0 Å². The fourth-order valence-corrected chi connectivity index (χ4v) is 5.61. The molecule has 1 aromatic carbocycles. The molecule has 9 heteroatoms. The maximum atomic E-state index is 13.3. The summed E-state index contributed by atoms with van der Waals surface area (Å²) in [6.45, 7) is 9.36. The molecule has 172 valence electrons. The molecule has 2 amide bonds. The van der Waals surface area contributed by atoms with Crippen molar-refractivity contribution in [3.8, 4) is 10.4 Å². The molecule has 2 aromatic rings. The lowest BCUT2D eigenvalue weighted by atomic mass is 9.73. The average molecular weight is 459 g/mol. The number of aromatic nitrogens is 1. The Bertz CT molecular complexity index is 964. The molecule has 32 heavy (non-hydrogen) atoms. The van der Waals surface area contributed by atoms with Crippen LogP contribution in [0, 0.1) is 5.41 Å². The third-order valence-electron chi connectivity index (χ3n) is 6.30. The maximum Gasteiger partial charge on any atom is 0.416 e. The third-order valence-corrected chi connectivity index (χ3v) is 7.39. The summed E-state index contributed by atoms with van der Waals surface area (Å²) in [5.41, 5.74) is 0.300. The van der Waals surface area contributed by atoms with Gasteiger partial charge in [-0.2, -0.15) is 0 Å². The number of fused-ring (bicyclic) bond motifs is 3. The van der Waals surface area contributed by atoms with Gasteiger partial charge < -0.3 is 14.7 Å². The summed E-state index contributed by atoms with van der Waals surface area (Å²) in [4.78, 5) is 33.8. The number of hydrogen-bond donors (Lipinski definition) is 2. The minimum Gasteiger partial charge on any atom is -0.465 e. The zero-order valence-corrected chi connectivity index (χ0v) is 19.6. The fourth-order valence-electron chi connectivity index (χ4n) is 4.41. The predicted molar refractivity (Wildman–Crippen MR) is 126 cm³/mol. The van der Waals surface area contributed by atoms with E-state index in [1.807, 2.05) is 51.1 Å². The smallest absolute Gasteiger partial charge is 0.416 e. The maximum absolute atomic E-state index is 13.3. The molecule has 3 fully saturated rings. The summed E-state index contributed by atoms with van der Waals surface area (Å²) in [5, 5.41) is 12.1. The number of amides is 2. The first-order valence-corrected chi connectivity index (χ1v) is 11.7. The second-order valence-electron chi connectivity index (χ2n) is 9.62. The van der Waals surface area contributed by atoms with Gasteiger partial charge in [-0.05, 0) is 65.2 Å². The van der Waals surface area contributed by atoms with E-state index in [0.717, 1.165) is 44.5 Å². The zero-order valence-electron chi connectivity index (χ0n) is 18.8. The monoisotopic (exact) mass is 458 g/mol. The molecule has 0 aliphatic carbocycles. The van der Waals surface area contributed by atoms with Gasteiger partial charge in [0.2, 0.25) is 0 Å². The number of carbonyl (C=O) groups is 2. The van der Waals surface area contributed by atoms with Crippen molar-refractivity contribution in [1.82, 2.24) is 9.88 Å². The van der Waals surface area contributed by atoms with Crippen molar-refractivity contribution in [3.63, 3.8) is 0 Å². The Balaban J connectivity index is 1.60. The Kier molecular flexibility index (Phi) is 6.13.